The van der Waals surface area contributed by atoms with Crippen molar-refractivity contribution in [1.29, 1.82) is 0 Å². The fraction of sp³-hybridized carbons (Fsp3) is 0.417. The molecule has 1 fully saturated rings. The minimum Gasteiger partial charge on any atom is -0.494 e. The second-order valence-corrected chi connectivity index (χ2v) is 9.61. The Morgan fingerprint density at radius 3 is 2.81 bits per heavy atom. The Morgan fingerprint density at radius 1 is 1.31 bits per heavy atom. The Bertz CT molecular complexity index is 1260. The van der Waals surface area contributed by atoms with Crippen LogP contribution in [0.4, 0.5) is 0 Å². The molecule has 1 unspecified atom stereocenters. The maximum absolute atomic E-state index is 12.9. The van der Waals surface area contributed by atoms with Gasteiger partial charge in [0, 0.05) is 40.1 Å². The van der Waals surface area contributed by atoms with Crippen molar-refractivity contribution in [1.82, 2.24) is 9.88 Å². The summed E-state index contributed by atoms with van der Waals surface area (Å²) in [6.45, 7) is 0.673. The van der Waals surface area contributed by atoms with Crippen LogP contribution >= 0.6 is 11.3 Å². The molecule has 0 amide bonds. The fourth-order valence-electron chi connectivity index (χ4n) is 4.75. The number of fused-ring (bicyclic) bond motifs is 2. The van der Waals surface area contributed by atoms with Gasteiger partial charge in [0.25, 0.3) is 0 Å². The normalized spacial score (nSPS) is 18.0. The van der Waals surface area contributed by atoms with Gasteiger partial charge in [0.1, 0.15) is 5.56 Å². The molecule has 2 heterocycles. The van der Waals surface area contributed by atoms with E-state index in [0.29, 0.717) is 23.2 Å². The van der Waals surface area contributed by atoms with Gasteiger partial charge in [0.15, 0.2) is 5.75 Å². The van der Waals surface area contributed by atoms with E-state index in [0.717, 1.165) is 42.5 Å². The summed E-state index contributed by atoms with van der Waals surface area (Å²) >= 11 is 1.74. The highest BCUT2D eigenvalue weighted by atomic mass is 32.1. The number of aliphatic hydroxyl groups excluding tert-OH is 1. The van der Waals surface area contributed by atoms with Gasteiger partial charge >= 0.3 is 5.97 Å². The van der Waals surface area contributed by atoms with Crippen LogP contribution in [-0.2, 0) is 6.42 Å². The number of carboxylic acid groups (broad SMARTS) is 1. The number of aromatic nitrogens is 1. The van der Waals surface area contributed by atoms with E-state index >= 15 is 0 Å². The summed E-state index contributed by atoms with van der Waals surface area (Å²) in [6, 6.07) is 6.22. The van der Waals surface area contributed by atoms with Gasteiger partial charge in [0.2, 0.25) is 5.43 Å². The first-order chi connectivity index (χ1) is 15.5. The second kappa shape index (κ2) is 8.35. The lowest BCUT2D eigenvalue weighted by atomic mass is 9.93. The van der Waals surface area contributed by atoms with E-state index in [4.69, 9.17) is 4.74 Å². The maximum atomic E-state index is 12.9. The third-order valence-electron chi connectivity index (χ3n) is 6.40. The van der Waals surface area contributed by atoms with Crippen molar-refractivity contribution in [3.8, 4) is 16.2 Å². The second-order valence-electron chi connectivity index (χ2n) is 8.47. The zero-order valence-electron chi connectivity index (χ0n) is 17.9. The van der Waals surface area contributed by atoms with E-state index in [9.17, 15) is 19.8 Å². The molecule has 168 valence electrons. The van der Waals surface area contributed by atoms with Gasteiger partial charge in [-0.2, -0.15) is 0 Å². The molecule has 0 bridgehead atoms. The molecular weight excluding hydrogens is 428 g/mol. The van der Waals surface area contributed by atoms with Crippen molar-refractivity contribution >= 4 is 28.2 Å². The van der Waals surface area contributed by atoms with Crippen molar-refractivity contribution < 1.29 is 19.7 Å². The summed E-state index contributed by atoms with van der Waals surface area (Å²) in [6.07, 6.45) is 6.56. The van der Waals surface area contributed by atoms with E-state index in [-0.39, 0.29) is 24.3 Å². The Morgan fingerprint density at radius 2 is 2.12 bits per heavy atom. The molecule has 32 heavy (non-hydrogen) atoms. The lowest BCUT2D eigenvalue weighted by Gasteiger charge is -2.23. The number of carbonyl (C=O) groups is 1. The average Bonchev–Trinajstić information content (AvgIpc) is 3.54. The van der Waals surface area contributed by atoms with Crippen LogP contribution in [0.25, 0.3) is 21.3 Å². The molecule has 0 aliphatic heterocycles. The number of nitrogens with one attached hydrogen (secondary N) is 1. The minimum atomic E-state index is -1.21. The van der Waals surface area contributed by atoms with Gasteiger partial charge in [-0.15, -0.1) is 11.3 Å². The monoisotopic (exact) mass is 454 g/mol. The third-order valence-corrected chi connectivity index (χ3v) is 7.65. The predicted octanol–water partition coefficient (Wildman–Crippen LogP) is 3.73. The molecule has 8 heteroatoms. The number of benzene rings is 1. The van der Waals surface area contributed by atoms with Gasteiger partial charge in [-0.05, 0) is 55.9 Å². The Labute approximate surface area is 189 Å². The fourth-order valence-corrected chi connectivity index (χ4v) is 6.04. The highest BCUT2D eigenvalue weighted by molar-refractivity contribution is 7.15. The summed E-state index contributed by atoms with van der Waals surface area (Å²) in [5, 5.41) is 22.5. The number of nitrogens with zero attached hydrogens (tertiary/aromatic N) is 1. The molecule has 3 aromatic rings. The maximum Gasteiger partial charge on any atom is 0.341 e. The lowest BCUT2D eigenvalue weighted by Crippen LogP contribution is -2.26. The Balaban J connectivity index is 1.69. The minimum absolute atomic E-state index is 0.109. The van der Waals surface area contributed by atoms with Crippen LogP contribution in [0.2, 0.25) is 0 Å². The number of aliphatic hydroxyl groups is 1. The molecule has 1 atom stereocenters. The largest absolute Gasteiger partial charge is 0.494 e. The molecular formula is C24H26N2O5S. The molecule has 3 N–H and O–H groups in total. The molecule has 7 nitrogen and oxygen atoms in total. The van der Waals surface area contributed by atoms with Gasteiger partial charge in [-0.1, -0.05) is 0 Å². The number of aromatic carboxylic acids is 1. The quantitative estimate of drug-likeness (QED) is 0.503. The average molecular weight is 455 g/mol. The topological polar surface area (TPSA) is 101 Å². The predicted molar refractivity (Wildman–Crippen MR) is 124 cm³/mol. The molecule has 1 saturated carbocycles. The third kappa shape index (κ3) is 3.52. The number of rotatable bonds is 7. The Kier molecular flexibility index (Phi) is 5.53. The SMILES string of the molecule is COc1c(-c2cc3c(s2)CCCC3NCCO)ccc2c(=O)c(C(=O)O)cn(C3CC3)c12. The van der Waals surface area contributed by atoms with Crippen LogP contribution in [0.1, 0.15) is 58.6 Å². The summed E-state index contributed by atoms with van der Waals surface area (Å²) in [5.41, 5.74) is 2.17. The van der Waals surface area contributed by atoms with Crippen LogP contribution in [-0.4, -0.2) is 41.0 Å². The highest BCUT2D eigenvalue weighted by Crippen LogP contribution is 2.46. The van der Waals surface area contributed by atoms with Crippen molar-refractivity contribution in [3.05, 3.63) is 50.6 Å². The summed E-state index contributed by atoms with van der Waals surface area (Å²) in [4.78, 5) is 27.0. The first kappa shape index (κ1) is 21.2. The number of methoxy groups -OCH3 is 1. The van der Waals surface area contributed by atoms with Crippen LogP contribution in [0, 0.1) is 0 Å². The van der Waals surface area contributed by atoms with Crippen LogP contribution < -0.4 is 15.5 Å². The molecule has 0 saturated heterocycles. The van der Waals surface area contributed by atoms with Gasteiger partial charge < -0.3 is 24.8 Å². The van der Waals surface area contributed by atoms with E-state index in [1.54, 1.807) is 24.5 Å². The van der Waals surface area contributed by atoms with Crippen molar-refractivity contribution in [2.24, 2.45) is 0 Å². The number of thiophene rings is 1. The van der Waals surface area contributed by atoms with Crippen molar-refractivity contribution in [3.63, 3.8) is 0 Å². The highest BCUT2D eigenvalue weighted by Gasteiger charge is 2.30. The van der Waals surface area contributed by atoms with Gasteiger partial charge in [0.05, 0.1) is 24.6 Å². The molecule has 0 spiro atoms. The van der Waals surface area contributed by atoms with Crippen LogP contribution in [0.5, 0.6) is 5.75 Å². The van der Waals surface area contributed by atoms with Crippen LogP contribution in [0.15, 0.2) is 29.2 Å². The number of hydrogen-bond donors (Lipinski definition) is 3. The van der Waals surface area contributed by atoms with E-state index in [1.165, 1.54) is 16.6 Å². The summed E-state index contributed by atoms with van der Waals surface area (Å²) < 4.78 is 7.78. The first-order valence-electron chi connectivity index (χ1n) is 11.0. The molecule has 0 radical (unpaired) electrons. The van der Waals surface area contributed by atoms with E-state index in [2.05, 4.69) is 11.4 Å². The first-order valence-corrected chi connectivity index (χ1v) is 11.8. The summed E-state index contributed by atoms with van der Waals surface area (Å²) in [5.74, 6) is -0.594. The molecule has 2 aliphatic carbocycles. The van der Waals surface area contributed by atoms with Crippen molar-refractivity contribution in [2.75, 3.05) is 20.3 Å². The zero-order valence-corrected chi connectivity index (χ0v) is 18.7. The van der Waals surface area contributed by atoms with Crippen molar-refractivity contribution in [2.45, 2.75) is 44.2 Å². The number of hydrogen-bond acceptors (Lipinski definition) is 6. The molecule has 2 aliphatic rings. The molecule has 2 aromatic heterocycles. The smallest absolute Gasteiger partial charge is 0.341 e. The lowest BCUT2D eigenvalue weighted by molar-refractivity contribution is 0.0695. The van der Waals surface area contributed by atoms with E-state index < -0.39 is 11.4 Å². The Hall–Kier alpha value is -2.68. The summed E-state index contributed by atoms with van der Waals surface area (Å²) in [7, 11) is 1.60. The number of ether oxygens (including phenoxy) is 1. The molecule has 5 rings (SSSR count). The number of aryl methyl sites for hydroxylation is 1. The molecule has 1 aromatic carbocycles. The number of carboxylic acids is 1. The van der Waals surface area contributed by atoms with Crippen LogP contribution in [0.3, 0.4) is 0 Å². The van der Waals surface area contributed by atoms with Gasteiger partial charge in [-0.3, -0.25) is 4.79 Å². The van der Waals surface area contributed by atoms with E-state index in [1.807, 2.05) is 10.6 Å². The standard InChI is InChI=1S/C24H26N2O5S/c1-31-23-14(20-11-16-18(25-9-10-27)3-2-4-19(16)32-20)7-8-15-21(23)26(13-5-6-13)12-17(22(15)28)24(29)30/h7-8,11-13,18,25,27H,2-6,9-10H2,1H3,(H,29,30). The number of pyridine rings is 1. The zero-order chi connectivity index (χ0) is 22.4. The van der Waals surface area contributed by atoms with Gasteiger partial charge in [-0.25, -0.2) is 4.79 Å².